The van der Waals surface area contributed by atoms with Crippen LogP contribution in [0.1, 0.15) is 37.8 Å². The van der Waals surface area contributed by atoms with Crippen molar-refractivity contribution in [1.29, 1.82) is 0 Å². The number of hydrogen-bond donors (Lipinski definition) is 0. The first-order chi connectivity index (χ1) is 11.0. The summed E-state index contributed by atoms with van der Waals surface area (Å²) in [5.74, 6) is 2.50. The summed E-state index contributed by atoms with van der Waals surface area (Å²) >= 11 is 9.77. The Morgan fingerprint density at radius 3 is 2.35 bits per heavy atom. The molecule has 0 bridgehead atoms. The molecular formula is C20H22BrClO. The zero-order chi connectivity index (χ0) is 16.4. The zero-order valence-electron chi connectivity index (χ0n) is 13.6. The molecule has 23 heavy (non-hydrogen) atoms. The molecule has 1 aliphatic carbocycles. The quantitative estimate of drug-likeness (QED) is 0.575. The molecule has 0 saturated heterocycles. The maximum absolute atomic E-state index is 6.27. The molecule has 2 aromatic rings. The Morgan fingerprint density at radius 1 is 1.04 bits per heavy atom. The third-order valence-corrected chi connectivity index (χ3v) is 5.73. The highest BCUT2D eigenvalue weighted by atomic mass is 79.9. The van der Waals surface area contributed by atoms with Gasteiger partial charge in [0.05, 0.1) is 6.10 Å². The smallest absolute Gasteiger partial charge is 0.119 e. The van der Waals surface area contributed by atoms with E-state index in [4.69, 9.17) is 16.3 Å². The fourth-order valence-corrected chi connectivity index (χ4v) is 3.86. The molecule has 0 radical (unpaired) electrons. The van der Waals surface area contributed by atoms with Crippen molar-refractivity contribution in [3.63, 3.8) is 0 Å². The summed E-state index contributed by atoms with van der Waals surface area (Å²) < 4.78 is 7.19. The summed E-state index contributed by atoms with van der Waals surface area (Å²) in [6, 6.07) is 14.4. The van der Waals surface area contributed by atoms with E-state index in [9.17, 15) is 0 Å². The fraction of sp³-hybridized carbons (Fsp3) is 0.400. The van der Waals surface area contributed by atoms with Gasteiger partial charge in [0.1, 0.15) is 5.75 Å². The van der Waals surface area contributed by atoms with Gasteiger partial charge in [-0.05, 0) is 72.6 Å². The first-order valence-corrected chi connectivity index (χ1v) is 9.38. The van der Waals surface area contributed by atoms with Gasteiger partial charge in [0.2, 0.25) is 0 Å². The SMILES string of the molecule is C[C@@H]1C[C@@H](Oc2ccc(Cc3cc(Br)ccc3Cl)cc2)C[C@@H]1C. The molecule has 3 atom stereocenters. The minimum atomic E-state index is 0.366. The second kappa shape index (κ2) is 7.27. The second-order valence-corrected chi connectivity index (χ2v) is 8.05. The van der Waals surface area contributed by atoms with Gasteiger partial charge < -0.3 is 4.74 Å². The molecule has 0 unspecified atom stereocenters. The standard InChI is InChI=1S/C20H22BrClO/c1-13-9-19(10-14(13)2)23-18-6-3-15(4-7-18)11-16-12-17(21)5-8-20(16)22/h3-8,12-14,19H,9-11H2,1-2H3/t13-,14+,19-. The lowest BCUT2D eigenvalue weighted by atomic mass is 10.0. The molecule has 1 nitrogen and oxygen atoms in total. The number of halogens is 2. The van der Waals surface area contributed by atoms with Crippen molar-refractivity contribution < 1.29 is 4.74 Å². The van der Waals surface area contributed by atoms with E-state index in [2.05, 4.69) is 60.1 Å². The van der Waals surface area contributed by atoms with E-state index in [1.54, 1.807) is 0 Å². The van der Waals surface area contributed by atoms with Gasteiger partial charge in [-0.2, -0.15) is 0 Å². The van der Waals surface area contributed by atoms with Gasteiger partial charge in [0.25, 0.3) is 0 Å². The van der Waals surface area contributed by atoms with Crippen LogP contribution in [-0.4, -0.2) is 6.10 Å². The van der Waals surface area contributed by atoms with E-state index in [1.165, 1.54) is 5.56 Å². The molecule has 0 spiro atoms. The van der Waals surface area contributed by atoms with E-state index in [0.717, 1.165) is 51.9 Å². The van der Waals surface area contributed by atoms with Crippen molar-refractivity contribution in [3.8, 4) is 5.75 Å². The maximum atomic E-state index is 6.27. The summed E-state index contributed by atoms with van der Waals surface area (Å²) in [4.78, 5) is 0. The number of ether oxygens (including phenoxy) is 1. The Kier molecular flexibility index (Phi) is 5.33. The van der Waals surface area contributed by atoms with Gasteiger partial charge in [-0.3, -0.25) is 0 Å². The van der Waals surface area contributed by atoms with Crippen LogP contribution in [0, 0.1) is 11.8 Å². The van der Waals surface area contributed by atoms with Crippen LogP contribution in [0.2, 0.25) is 5.02 Å². The number of hydrogen-bond acceptors (Lipinski definition) is 1. The Morgan fingerprint density at radius 2 is 1.70 bits per heavy atom. The summed E-state index contributed by atoms with van der Waals surface area (Å²) in [7, 11) is 0. The third kappa shape index (κ3) is 4.30. The average Bonchev–Trinajstić information content (AvgIpc) is 2.83. The van der Waals surface area contributed by atoms with Crippen molar-refractivity contribution in [3.05, 3.63) is 63.1 Å². The fourth-order valence-electron chi connectivity index (χ4n) is 3.26. The second-order valence-electron chi connectivity index (χ2n) is 6.72. The minimum absolute atomic E-state index is 0.366. The molecule has 122 valence electrons. The predicted molar refractivity (Wildman–Crippen MR) is 100 cm³/mol. The molecule has 0 aromatic heterocycles. The Hall–Kier alpha value is -0.990. The minimum Gasteiger partial charge on any atom is -0.490 e. The van der Waals surface area contributed by atoms with E-state index in [0.29, 0.717) is 6.10 Å². The molecule has 1 aliphatic rings. The monoisotopic (exact) mass is 392 g/mol. The molecule has 3 heteroatoms. The number of benzene rings is 2. The Labute approximate surface area is 152 Å². The van der Waals surface area contributed by atoms with Crippen LogP contribution in [0.3, 0.4) is 0 Å². The van der Waals surface area contributed by atoms with E-state index in [-0.39, 0.29) is 0 Å². The lowest BCUT2D eigenvalue weighted by Gasteiger charge is -2.14. The third-order valence-electron chi connectivity index (χ3n) is 4.87. The van der Waals surface area contributed by atoms with Crippen LogP contribution in [0.5, 0.6) is 5.75 Å². The molecule has 0 aliphatic heterocycles. The maximum Gasteiger partial charge on any atom is 0.119 e. The van der Waals surface area contributed by atoms with Gasteiger partial charge in [0, 0.05) is 9.50 Å². The van der Waals surface area contributed by atoms with E-state index < -0.39 is 0 Å². The van der Waals surface area contributed by atoms with E-state index >= 15 is 0 Å². The zero-order valence-corrected chi connectivity index (χ0v) is 15.9. The first-order valence-electron chi connectivity index (χ1n) is 8.21. The molecule has 2 aromatic carbocycles. The summed E-state index contributed by atoms with van der Waals surface area (Å²) in [6.45, 7) is 4.64. The van der Waals surface area contributed by atoms with Crippen molar-refractivity contribution in [2.75, 3.05) is 0 Å². The first kappa shape index (κ1) is 16.9. The molecule has 3 rings (SSSR count). The van der Waals surface area contributed by atoms with Crippen LogP contribution in [0.4, 0.5) is 0 Å². The molecule has 1 fully saturated rings. The van der Waals surface area contributed by atoms with Crippen molar-refractivity contribution in [2.45, 2.75) is 39.2 Å². The topological polar surface area (TPSA) is 9.23 Å². The number of rotatable bonds is 4. The lowest BCUT2D eigenvalue weighted by molar-refractivity contribution is 0.203. The highest BCUT2D eigenvalue weighted by Gasteiger charge is 2.29. The average molecular weight is 394 g/mol. The van der Waals surface area contributed by atoms with Crippen LogP contribution in [-0.2, 0) is 6.42 Å². The van der Waals surface area contributed by atoms with E-state index in [1.807, 2.05) is 12.1 Å². The molecule has 0 N–H and O–H groups in total. The summed E-state index contributed by atoms with van der Waals surface area (Å²) in [5.41, 5.74) is 2.37. The predicted octanol–water partition coefficient (Wildman–Crippen LogP) is 6.51. The van der Waals surface area contributed by atoms with Crippen LogP contribution in [0.25, 0.3) is 0 Å². The summed E-state index contributed by atoms with van der Waals surface area (Å²) in [5, 5.41) is 0.808. The van der Waals surface area contributed by atoms with Crippen molar-refractivity contribution in [2.24, 2.45) is 11.8 Å². The van der Waals surface area contributed by atoms with Crippen LogP contribution < -0.4 is 4.74 Å². The molecular weight excluding hydrogens is 372 g/mol. The highest BCUT2D eigenvalue weighted by Crippen LogP contribution is 2.34. The van der Waals surface area contributed by atoms with Crippen LogP contribution in [0.15, 0.2) is 46.9 Å². The normalized spacial score (nSPS) is 23.9. The van der Waals surface area contributed by atoms with Gasteiger partial charge in [-0.25, -0.2) is 0 Å². The summed E-state index contributed by atoms with van der Waals surface area (Å²) in [6.07, 6.45) is 3.52. The van der Waals surface area contributed by atoms with Crippen LogP contribution >= 0.6 is 27.5 Å². The lowest BCUT2D eigenvalue weighted by Crippen LogP contribution is -2.12. The Balaban J connectivity index is 1.64. The van der Waals surface area contributed by atoms with Gasteiger partial charge >= 0.3 is 0 Å². The van der Waals surface area contributed by atoms with Crippen molar-refractivity contribution >= 4 is 27.5 Å². The van der Waals surface area contributed by atoms with Gasteiger partial charge in [-0.1, -0.05) is 53.5 Å². The molecule has 0 heterocycles. The molecule has 0 amide bonds. The Bertz CT molecular complexity index is 658. The largest absolute Gasteiger partial charge is 0.490 e. The van der Waals surface area contributed by atoms with Gasteiger partial charge in [0.15, 0.2) is 0 Å². The molecule has 1 saturated carbocycles. The van der Waals surface area contributed by atoms with Crippen molar-refractivity contribution in [1.82, 2.24) is 0 Å². The highest BCUT2D eigenvalue weighted by molar-refractivity contribution is 9.10. The van der Waals surface area contributed by atoms with Gasteiger partial charge in [-0.15, -0.1) is 0 Å².